The summed E-state index contributed by atoms with van der Waals surface area (Å²) in [6.45, 7) is 7.31. The van der Waals surface area contributed by atoms with Crippen LogP contribution in [-0.4, -0.2) is 17.1 Å². The monoisotopic (exact) mass is 329 g/mol. The molecule has 1 aliphatic rings. The van der Waals surface area contributed by atoms with Crippen molar-refractivity contribution in [2.24, 2.45) is 0 Å². The van der Waals surface area contributed by atoms with E-state index in [1.165, 1.54) is 17.8 Å². The van der Waals surface area contributed by atoms with E-state index >= 15 is 0 Å². The predicted molar refractivity (Wildman–Crippen MR) is 92.8 cm³/mol. The zero-order valence-electron chi connectivity index (χ0n) is 14.6. The summed E-state index contributed by atoms with van der Waals surface area (Å²) in [7, 11) is 0. The molecule has 24 heavy (non-hydrogen) atoms. The third-order valence-electron chi connectivity index (χ3n) is 4.62. The van der Waals surface area contributed by atoms with Gasteiger partial charge in [-0.05, 0) is 49.8 Å². The van der Waals surface area contributed by atoms with E-state index in [1.807, 2.05) is 6.92 Å². The number of halogens is 1. The number of esters is 1. The number of benzene rings is 1. The summed E-state index contributed by atoms with van der Waals surface area (Å²) in [5, 5.41) is 0. The molecule has 2 heterocycles. The van der Waals surface area contributed by atoms with Crippen LogP contribution in [0.1, 0.15) is 61.3 Å². The lowest BCUT2D eigenvalue weighted by Gasteiger charge is -2.20. The minimum absolute atomic E-state index is 0.218. The summed E-state index contributed by atoms with van der Waals surface area (Å²) in [4.78, 5) is 12.7. The molecule has 0 fully saturated rings. The number of fused-ring (bicyclic) bond motifs is 1. The summed E-state index contributed by atoms with van der Waals surface area (Å²) in [6.07, 6.45) is 3.16. The molecule has 0 bridgehead atoms. The lowest BCUT2D eigenvalue weighted by molar-refractivity contribution is 0.0525. The molecule has 0 spiro atoms. The van der Waals surface area contributed by atoms with Gasteiger partial charge in [-0.1, -0.05) is 26.0 Å². The highest BCUT2D eigenvalue weighted by Crippen LogP contribution is 2.39. The number of aromatic nitrogens is 1. The normalized spacial score (nSPS) is 13.9. The second-order valence-electron chi connectivity index (χ2n) is 6.57. The van der Waals surface area contributed by atoms with E-state index in [0.29, 0.717) is 12.2 Å². The zero-order valence-corrected chi connectivity index (χ0v) is 14.6. The first-order chi connectivity index (χ1) is 11.5. The second kappa shape index (κ2) is 6.80. The Kier molecular flexibility index (Phi) is 4.74. The van der Waals surface area contributed by atoms with E-state index in [4.69, 9.17) is 4.74 Å². The van der Waals surface area contributed by atoms with E-state index < -0.39 is 0 Å². The summed E-state index contributed by atoms with van der Waals surface area (Å²) in [5.74, 6) is -0.327. The molecule has 1 aromatic carbocycles. The first kappa shape index (κ1) is 16.7. The topological polar surface area (TPSA) is 31.2 Å². The van der Waals surface area contributed by atoms with Crippen molar-refractivity contribution in [1.82, 2.24) is 4.57 Å². The van der Waals surface area contributed by atoms with Crippen molar-refractivity contribution in [3.05, 3.63) is 47.0 Å². The molecule has 1 aromatic heterocycles. The van der Waals surface area contributed by atoms with Crippen LogP contribution in [0.4, 0.5) is 4.39 Å². The summed E-state index contributed by atoms with van der Waals surface area (Å²) in [6, 6.07) is 6.41. The first-order valence-electron chi connectivity index (χ1n) is 8.72. The molecule has 0 saturated carbocycles. The molecule has 128 valence electrons. The van der Waals surface area contributed by atoms with Crippen molar-refractivity contribution in [1.29, 1.82) is 0 Å². The molecule has 2 aromatic rings. The van der Waals surface area contributed by atoms with E-state index in [0.717, 1.165) is 42.6 Å². The number of carbonyl (C=O) groups is 1. The second-order valence-corrected chi connectivity index (χ2v) is 6.57. The van der Waals surface area contributed by atoms with Crippen LogP contribution in [0.2, 0.25) is 0 Å². The fourth-order valence-electron chi connectivity index (χ4n) is 3.70. The van der Waals surface area contributed by atoms with Crippen molar-refractivity contribution >= 4 is 5.97 Å². The largest absolute Gasteiger partial charge is 0.462 e. The van der Waals surface area contributed by atoms with E-state index in [1.54, 1.807) is 12.1 Å². The summed E-state index contributed by atoms with van der Waals surface area (Å²) in [5.41, 5.74) is 4.70. The van der Waals surface area contributed by atoms with Crippen molar-refractivity contribution < 1.29 is 13.9 Å². The molecule has 4 heteroatoms. The van der Waals surface area contributed by atoms with Gasteiger partial charge in [-0.2, -0.15) is 0 Å². The van der Waals surface area contributed by atoms with Gasteiger partial charge >= 0.3 is 5.97 Å². The van der Waals surface area contributed by atoms with Crippen molar-refractivity contribution in [2.45, 2.75) is 52.5 Å². The van der Waals surface area contributed by atoms with Gasteiger partial charge in [0, 0.05) is 23.5 Å². The van der Waals surface area contributed by atoms with E-state index in [2.05, 4.69) is 18.4 Å². The Morgan fingerprint density at radius 3 is 2.58 bits per heavy atom. The van der Waals surface area contributed by atoms with Gasteiger partial charge in [-0.25, -0.2) is 9.18 Å². The fraction of sp³-hybridized carbons (Fsp3) is 0.450. The van der Waals surface area contributed by atoms with Crippen molar-refractivity contribution in [3.63, 3.8) is 0 Å². The van der Waals surface area contributed by atoms with Crippen LogP contribution in [0.3, 0.4) is 0 Å². The van der Waals surface area contributed by atoms with E-state index in [-0.39, 0.29) is 17.7 Å². The molecule has 1 aliphatic heterocycles. The molecule has 0 N–H and O–H groups in total. The van der Waals surface area contributed by atoms with Gasteiger partial charge in [0.05, 0.1) is 12.2 Å². The standard InChI is InChI=1S/C20H24FNO2/c1-4-24-20(23)18-17(14-8-10-15(21)11-9-14)16-7-5-6-12-22(16)19(18)13(2)3/h8-11,13H,4-7,12H2,1-3H3. The Hall–Kier alpha value is -2.10. The smallest absolute Gasteiger partial charge is 0.340 e. The van der Waals surface area contributed by atoms with Gasteiger partial charge in [0.25, 0.3) is 0 Å². The molecule has 0 saturated heterocycles. The zero-order chi connectivity index (χ0) is 17.3. The van der Waals surface area contributed by atoms with Gasteiger partial charge < -0.3 is 9.30 Å². The molecule has 0 radical (unpaired) electrons. The molecule has 3 rings (SSSR count). The Labute approximate surface area is 142 Å². The highest BCUT2D eigenvalue weighted by atomic mass is 19.1. The van der Waals surface area contributed by atoms with Crippen LogP contribution in [0, 0.1) is 5.82 Å². The maximum absolute atomic E-state index is 13.4. The van der Waals surface area contributed by atoms with Crippen molar-refractivity contribution in [3.8, 4) is 11.1 Å². The average Bonchev–Trinajstić information content (AvgIpc) is 2.91. The Morgan fingerprint density at radius 1 is 1.25 bits per heavy atom. The maximum atomic E-state index is 13.4. The van der Waals surface area contributed by atoms with Gasteiger partial charge in [0.2, 0.25) is 0 Å². The van der Waals surface area contributed by atoms with E-state index in [9.17, 15) is 9.18 Å². The van der Waals surface area contributed by atoms with Crippen LogP contribution in [0.5, 0.6) is 0 Å². The summed E-state index contributed by atoms with van der Waals surface area (Å²) < 4.78 is 21.0. The maximum Gasteiger partial charge on any atom is 0.340 e. The molecule has 3 nitrogen and oxygen atoms in total. The predicted octanol–water partition coefficient (Wildman–Crippen LogP) is 4.93. The molecule has 0 aliphatic carbocycles. The number of ether oxygens (including phenoxy) is 1. The van der Waals surface area contributed by atoms with Gasteiger partial charge in [0.1, 0.15) is 5.82 Å². The number of hydrogen-bond acceptors (Lipinski definition) is 2. The number of rotatable bonds is 4. The minimum atomic E-state index is -0.276. The summed E-state index contributed by atoms with van der Waals surface area (Å²) >= 11 is 0. The van der Waals surface area contributed by atoms with Gasteiger partial charge in [-0.15, -0.1) is 0 Å². The van der Waals surface area contributed by atoms with Crippen molar-refractivity contribution in [2.75, 3.05) is 6.61 Å². The third kappa shape index (κ3) is 2.85. The Morgan fingerprint density at radius 2 is 1.96 bits per heavy atom. The SMILES string of the molecule is CCOC(=O)c1c(-c2ccc(F)cc2)c2n(c1C(C)C)CCCC2. The Bertz CT molecular complexity index is 744. The number of nitrogens with zero attached hydrogens (tertiary/aromatic N) is 1. The van der Waals surface area contributed by atoms with Crippen LogP contribution < -0.4 is 0 Å². The van der Waals surface area contributed by atoms with Crippen LogP contribution in [0.25, 0.3) is 11.1 Å². The number of carbonyl (C=O) groups excluding carboxylic acids is 1. The quantitative estimate of drug-likeness (QED) is 0.745. The molecular weight excluding hydrogens is 305 g/mol. The molecule has 0 unspecified atom stereocenters. The van der Waals surface area contributed by atoms with Crippen LogP contribution in [-0.2, 0) is 17.7 Å². The lowest BCUT2D eigenvalue weighted by atomic mass is 9.95. The first-order valence-corrected chi connectivity index (χ1v) is 8.72. The van der Waals surface area contributed by atoms with Crippen LogP contribution in [0.15, 0.2) is 24.3 Å². The lowest BCUT2D eigenvalue weighted by Crippen LogP contribution is -2.15. The molecular formula is C20H24FNO2. The molecule has 0 amide bonds. The van der Waals surface area contributed by atoms with Crippen LogP contribution >= 0.6 is 0 Å². The van der Waals surface area contributed by atoms with Gasteiger partial charge in [-0.3, -0.25) is 0 Å². The Balaban J connectivity index is 2.28. The highest BCUT2D eigenvalue weighted by molar-refractivity contribution is 6.00. The number of hydrogen-bond donors (Lipinski definition) is 0. The highest BCUT2D eigenvalue weighted by Gasteiger charge is 2.31. The average molecular weight is 329 g/mol. The van der Waals surface area contributed by atoms with Gasteiger partial charge in [0.15, 0.2) is 0 Å². The third-order valence-corrected chi connectivity index (χ3v) is 4.62. The molecule has 0 atom stereocenters. The minimum Gasteiger partial charge on any atom is -0.462 e. The fourth-order valence-corrected chi connectivity index (χ4v) is 3.70.